The first-order valence-corrected chi connectivity index (χ1v) is 9.06. The average Bonchev–Trinajstić information content (AvgIpc) is 2.64. The van der Waals surface area contributed by atoms with Gasteiger partial charge in [0.2, 0.25) is 5.91 Å². The Morgan fingerprint density at radius 2 is 1.59 bits per heavy atom. The zero-order chi connectivity index (χ0) is 22.2. The van der Waals surface area contributed by atoms with Crippen LogP contribution >= 0.6 is 0 Å². The van der Waals surface area contributed by atoms with Gasteiger partial charge in [0.25, 0.3) is 0 Å². The maximum absolute atomic E-state index is 12.9. The largest absolute Gasteiger partial charge is 0.497 e. The maximum atomic E-state index is 12.9. The predicted molar refractivity (Wildman–Crippen MR) is 106 cm³/mol. The van der Waals surface area contributed by atoms with Crippen molar-refractivity contribution in [3.8, 4) is 11.5 Å². The third-order valence-corrected chi connectivity index (χ3v) is 3.75. The van der Waals surface area contributed by atoms with Crippen LogP contribution in [-0.2, 0) is 25.6 Å². The number of carbonyl (C=O) groups is 3. The molecule has 0 radical (unpaired) electrons. The zero-order valence-electron chi connectivity index (χ0n) is 18.0. The standard InChI is InChI=1S/C20H30N2O7/c1-13(21-19(25)29-20(2,3)4)18(24)22(12-17(23)28-7)11-14-8-15(26-5)10-16(9-14)27-6/h8-10,13H,11-12H2,1-7H3,(H,21,25). The minimum Gasteiger partial charge on any atom is -0.497 e. The van der Waals surface area contributed by atoms with Gasteiger partial charge < -0.3 is 29.2 Å². The monoisotopic (exact) mass is 410 g/mol. The van der Waals surface area contributed by atoms with E-state index in [0.717, 1.165) is 0 Å². The number of hydrogen-bond acceptors (Lipinski definition) is 7. The summed E-state index contributed by atoms with van der Waals surface area (Å²) in [5.41, 5.74) is -0.0154. The molecule has 1 N–H and O–H groups in total. The van der Waals surface area contributed by atoms with Gasteiger partial charge in [0.05, 0.1) is 21.3 Å². The molecule has 0 fully saturated rings. The fourth-order valence-electron chi connectivity index (χ4n) is 2.43. The van der Waals surface area contributed by atoms with Crippen LogP contribution < -0.4 is 14.8 Å². The molecular weight excluding hydrogens is 380 g/mol. The van der Waals surface area contributed by atoms with Crippen LogP contribution in [0.25, 0.3) is 0 Å². The second-order valence-corrected chi connectivity index (χ2v) is 7.36. The van der Waals surface area contributed by atoms with Crippen LogP contribution in [0.2, 0.25) is 0 Å². The van der Waals surface area contributed by atoms with Crippen molar-refractivity contribution in [3.05, 3.63) is 23.8 Å². The molecule has 0 bridgehead atoms. The van der Waals surface area contributed by atoms with Crippen LogP contribution in [0.5, 0.6) is 11.5 Å². The number of rotatable bonds is 8. The van der Waals surface area contributed by atoms with E-state index in [9.17, 15) is 14.4 Å². The molecule has 0 aromatic heterocycles. The van der Waals surface area contributed by atoms with Crippen molar-refractivity contribution < 1.29 is 33.3 Å². The lowest BCUT2D eigenvalue weighted by Gasteiger charge is -2.27. The number of amides is 2. The highest BCUT2D eigenvalue weighted by Crippen LogP contribution is 2.23. The number of ether oxygens (including phenoxy) is 4. The van der Waals surface area contributed by atoms with Gasteiger partial charge in [-0.1, -0.05) is 0 Å². The van der Waals surface area contributed by atoms with Crippen molar-refractivity contribution in [2.45, 2.75) is 45.9 Å². The lowest BCUT2D eigenvalue weighted by atomic mass is 10.1. The average molecular weight is 410 g/mol. The van der Waals surface area contributed by atoms with Gasteiger partial charge in [-0.25, -0.2) is 4.79 Å². The molecule has 0 aliphatic carbocycles. The van der Waals surface area contributed by atoms with E-state index in [4.69, 9.17) is 18.9 Å². The highest BCUT2D eigenvalue weighted by atomic mass is 16.6. The molecule has 9 heteroatoms. The molecule has 9 nitrogen and oxygen atoms in total. The second kappa shape index (κ2) is 10.5. The van der Waals surface area contributed by atoms with Crippen LogP contribution in [-0.4, -0.2) is 62.4 Å². The molecule has 1 aromatic carbocycles. The number of esters is 1. The lowest BCUT2D eigenvalue weighted by molar-refractivity contribution is -0.148. The molecular formula is C20H30N2O7. The third kappa shape index (κ3) is 8.28. The molecule has 0 aliphatic heterocycles. The number of benzene rings is 1. The van der Waals surface area contributed by atoms with Crippen LogP contribution in [0.3, 0.4) is 0 Å². The van der Waals surface area contributed by atoms with Gasteiger partial charge >= 0.3 is 12.1 Å². The molecule has 29 heavy (non-hydrogen) atoms. The Labute approximate surface area is 171 Å². The van der Waals surface area contributed by atoms with Crippen molar-refractivity contribution in [3.63, 3.8) is 0 Å². The van der Waals surface area contributed by atoms with Gasteiger partial charge in [0.1, 0.15) is 29.7 Å². The smallest absolute Gasteiger partial charge is 0.408 e. The molecule has 0 saturated carbocycles. The molecule has 2 amide bonds. The van der Waals surface area contributed by atoms with Gasteiger partial charge in [-0.3, -0.25) is 9.59 Å². The Balaban J connectivity index is 3.01. The summed E-state index contributed by atoms with van der Waals surface area (Å²) in [4.78, 5) is 38.0. The van der Waals surface area contributed by atoms with Gasteiger partial charge in [0.15, 0.2) is 0 Å². The lowest BCUT2D eigenvalue weighted by Crippen LogP contribution is -2.49. The van der Waals surface area contributed by atoms with E-state index in [1.165, 1.54) is 33.2 Å². The molecule has 162 valence electrons. The number of hydrogen-bond donors (Lipinski definition) is 1. The Hall–Kier alpha value is -2.97. The van der Waals surface area contributed by atoms with Crippen molar-refractivity contribution in [1.29, 1.82) is 0 Å². The Bertz CT molecular complexity index is 706. The van der Waals surface area contributed by atoms with Gasteiger partial charge in [-0.2, -0.15) is 0 Å². The summed E-state index contributed by atoms with van der Waals surface area (Å²) < 4.78 is 20.3. The minimum atomic E-state index is -0.915. The second-order valence-electron chi connectivity index (χ2n) is 7.36. The highest BCUT2D eigenvalue weighted by molar-refractivity contribution is 5.88. The minimum absolute atomic E-state index is 0.0852. The summed E-state index contributed by atoms with van der Waals surface area (Å²) in [6, 6.07) is 4.24. The van der Waals surface area contributed by atoms with Crippen LogP contribution in [0, 0.1) is 0 Å². The quantitative estimate of drug-likeness (QED) is 0.655. The van der Waals surface area contributed by atoms with Crippen LogP contribution in [0.1, 0.15) is 33.3 Å². The molecule has 0 aliphatic rings. The topological polar surface area (TPSA) is 103 Å². The first-order valence-electron chi connectivity index (χ1n) is 9.06. The van der Waals surface area contributed by atoms with E-state index in [1.54, 1.807) is 39.0 Å². The molecule has 1 aromatic rings. The number of nitrogens with zero attached hydrogens (tertiary/aromatic N) is 1. The molecule has 1 unspecified atom stereocenters. The number of alkyl carbamates (subject to hydrolysis) is 1. The first kappa shape index (κ1) is 24.1. The van der Waals surface area contributed by atoms with E-state index < -0.39 is 29.6 Å². The van der Waals surface area contributed by atoms with E-state index in [2.05, 4.69) is 5.32 Å². The maximum Gasteiger partial charge on any atom is 0.408 e. The summed E-state index contributed by atoms with van der Waals surface area (Å²) in [7, 11) is 4.27. The van der Waals surface area contributed by atoms with Crippen molar-refractivity contribution in [1.82, 2.24) is 10.2 Å². The molecule has 0 heterocycles. The predicted octanol–water partition coefficient (Wildman–Crippen LogP) is 2.12. The van der Waals surface area contributed by atoms with Gasteiger partial charge in [0, 0.05) is 12.6 Å². The normalized spacial score (nSPS) is 11.8. The van der Waals surface area contributed by atoms with Crippen molar-refractivity contribution in [2.24, 2.45) is 0 Å². The number of carbonyl (C=O) groups excluding carboxylic acids is 3. The van der Waals surface area contributed by atoms with Crippen LogP contribution in [0.15, 0.2) is 18.2 Å². The van der Waals surface area contributed by atoms with E-state index in [1.807, 2.05) is 0 Å². The fourth-order valence-corrected chi connectivity index (χ4v) is 2.43. The van der Waals surface area contributed by atoms with Crippen molar-refractivity contribution in [2.75, 3.05) is 27.9 Å². The summed E-state index contributed by atoms with van der Waals surface area (Å²) in [5.74, 6) is 0.0372. The molecule has 1 rings (SSSR count). The first-order chi connectivity index (χ1) is 13.5. The summed E-state index contributed by atoms with van der Waals surface area (Å²) >= 11 is 0. The number of methoxy groups -OCH3 is 3. The van der Waals surface area contributed by atoms with E-state index in [0.29, 0.717) is 17.1 Å². The molecule has 0 saturated heterocycles. The molecule has 0 spiro atoms. The third-order valence-electron chi connectivity index (χ3n) is 3.75. The Morgan fingerprint density at radius 3 is 2.03 bits per heavy atom. The van der Waals surface area contributed by atoms with E-state index >= 15 is 0 Å². The van der Waals surface area contributed by atoms with Gasteiger partial charge in [-0.05, 0) is 45.4 Å². The van der Waals surface area contributed by atoms with Gasteiger partial charge in [-0.15, -0.1) is 0 Å². The highest BCUT2D eigenvalue weighted by Gasteiger charge is 2.26. The van der Waals surface area contributed by atoms with E-state index in [-0.39, 0.29) is 13.1 Å². The summed E-state index contributed by atoms with van der Waals surface area (Å²) in [6.45, 7) is 6.48. The summed E-state index contributed by atoms with van der Waals surface area (Å²) in [6.07, 6.45) is -0.723. The zero-order valence-corrected chi connectivity index (χ0v) is 18.0. The van der Waals surface area contributed by atoms with Crippen molar-refractivity contribution >= 4 is 18.0 Å². The number of nitrogens with one attached hydrogen (secondary N) is 1. The SMILES string of the molecule is COC(=O)CN(Cc1cc(OC)cc(OC)c1)C(=O)C(C)NC(=O)OC(C)(C)C. The Morgan fingerprint density at radius 1 is 1.03 bits per heavy atom. The summed E-state index contributed by atoms with van der Waals surface area (Å²) in [5, 5.41) is 2.48. The molecule has 1 atom stereocenters. The Kier molecular flexibility index (Phi) is 8.75. The fraction of sp³-hybridized carbons (Fsp3) is 0.550. The van der Waals surface area contributed by atoms with Crippen LogP contribution in [0.4, 0.5) is 4.79 Å².